The van der Waals surface area contributed by atoms with Crippen LogP contribution in [-0.2, 0) is 6.54 Å². The molecular weight excluding hydrogens is 398 g/mol. The van der Waals surface area contributed by atoms with Gasteiger partial charge in [0.05, 0.1) is 22.9 Å². The predicted octanol–water partition coefficient (Wildman–Crippen LogP) is 4.55. The highest BCUT2D eigenvalue weighted by molar-refractivity contribution is 6.09. The number of nitrogens with zero attached hydrogens (tertiary/aromatic N) is 4. The molecule has 0 bridgehead atoms. The zero-order valence-corrected chi connectivity index (χ0v) is 17.2. The Morgan fingerprint density at radius 3 is 2.65 bits per heavy atom. The average Bonchev–Trinajstić information content (AvgIpc) is 3.11. The van der Waals surface area contributed by atoms with E-state index < -0.39 is 10.8 Å². The van der Waals surface area contributed by atoms with Gasteiger partial charge < -0.3 is 10.1 Å². The summed E-state index contributed by atoms with van der Waals surface area (Å²) in [4.78, 5) is 27.8. The Kier molecular flexibility index (Phi) is 5.48. The van der Waals surface area contributed by atoms with E-state index in [0.717, 1.165) is 23.7 Å². The van der Waals surface area contributed by atoms with Crippen LogP contribution in [0.15, 0.2) is 48.5 Å². The van der Waals surface area contributed by atoms with Gasteiger partial charge in [0.2, 0.25) is 0 Å². The second kappa shape index (κ2) is 8.39. The summed E-state index contributed by atoms with van der Waals surface area (Å²) >= 11 is 0. The van der Waals surface area contributed by atoms with Gasteiger partial charge in [0, 0.05) is 29.6 Å². The lowest BCUT2D eigenvalue weighted by molar-refractivity contribution is -0.384. The lowest BCUT2D eigenvalue weighted by Crippen LogP contribution is -2.13. The molecule has 9 heteroatoms. The molecule has 0 aliphatic carbocycles. The molecule has 4 rings (SSSR count). The highest BCUT2D eigenvalue weighted by Crippen LogP contribution is 2.28. The molecule has 0 saturated carbocycles. The molecule has 0 atom stereocenters. The van der Waals surface area contributed by atoms with Gasteiger partial charge in [-0.05, 0) is 42.8 Å². The quantitative estimate of drug-likeness (QED) is 0.347. The van der Waals surface area contributed by atoms with Gasteiger partial charge in [-0.15, -0.1) is 0 Å². The fourth-order valence-electron chi connectivity index (χ4n) is 3.33. The van der Waals surface area contributed by atoms with Crippen molar-refractivity contribution >= 4 is 39.3 Å². The minimum absolute atomic E-state index is 0.0736. The van der Waals surface area contributed by atoms with Gasteiger partial charge in [-0.1, -0.05) is 13.3 Å². The van der Waals surface area contributed by atoms with Crippen molar-refractivity contribution in [1.82, 2.24) is 14.8 Å². The Labute approximate surface area is 177 Å². The molecule has 2 aromatic carbocycles. The third-order valence-electron chi connectivity index (χ3n) is 5.02. The van der Waals surface area contributed by atoms with E-state index in [1.165, 1.54) is 24.3 Å². The van der Waals surface area contributed by atoms with E-state index in [-0.39, 0.29) is 5.69 Å². The zero-order chi connectivity index (χ0) is 22.0. The molecule has 9 nitrogen and oxygen atoms in total. The number of benzene rings is 2. The van der Waals surface area contributed by atoms with Crippen molar-refractivity contribution in [1.29, 1.82) is 0 Å². The summed E-state index contributed by atoms with van der Waals surface area (Å²) in [5.41, 5.74) is 1.72. The maximum absolute atomic E-state index is 12.8. The maximum Gasteiger partial charge on any atom is 0.269 e. The van der Waals surface area contributed by atoms with Crippen molar-refractivity contribution in [2.45, 2.75) is 26.3 Å². The first-order chi connectivity index (χ1) is 15.0. The maximum atomic E-state index is 12.8. The molecule has 158 valence electrons. The highest BCUT2D eigenvalue weighted by atomic mass is 16.6. The molecule has 0 aliphatic rings. The third-order valence-corrected chi connectivity index (χ3v) is 5.02. The van der Waals surface area contributed by atoms with E-state index in [4.69, 9.17) is 9.72 Å². The molecule has 2 aromatic heterocycles. The normalized spacial score (nSPS) is 11.0. The van der Waals surface area contributed by atoms with Crippen LogP contribution in [0, 0.1) is 10.1 Å². The van der Waals surface area contributed by atoms with Gasteiger partial charge in [0.25, 0.3) is 11.6 Å². The summed E-state index contributed by atoms with van der Waals surface area (Å²) in [6.45, 7) is 2.77. The minimum Gasteiger partial charge on any atom is -0.497 e. The Hall–Kier alpha value is -4.01. The average molecular weight is 419 g/mol. The molecule has 0 saturated heterocycles. The number of hydrogen-bond acceptors (Lipinski definition) is 6. The number of ether oxygens (including phenoxy) is 1. The van der Waals surface area contributed by atoms with Crippen LogP contribution in [0.5, 0.6) is 5.75 Å². The lowest BCUT2D eigenvalue weighted by atomic mass is 10.1. The molecule has 4 aromatic rings. The van der Waals surface area contributed by atoms with Crippen molar-refractivity contribution < 1.29 is 14.5 Å². The fraction of sp³-hybridized carbons (Fsp3) is 0.227. The second-order valence-corrected chi connectivity index (χ2v) is 7.10. The van der Waals surface area contributed by atoms with E-state index in [1.54, 1.807) is 11.8 Å². The van der Waals surface area contributed by atoms with Crippen molar-refractivity contribution in [2.24, 2.45) is 0 Å². The van der Waals surface area contributed by atoms with Gasteiger partial charge >= 0.3 is 0 Å². The van der Waals surface area contributed by atoms with E-state index in [9.17, 15) is 14.9 Å². The minimum atomic E-state index is -0.504. The first-order valence-electron chi connectivity index (χ1n) is 9.91. The van der Waals surface area contributed by atoms with E-state index >= 15 is 0 Å². The number of non-ortho nitro benzene ring substituents is 1. The van der Waals surface area contributed by atoms with Crippen molar-refractivity contribution in [2.75, 3.05) is 12.4 Å². The molecule has 0 spiro atoms. The topological polar surface area (TPSA) is 112 Å². The predicted molar refractivity (Wildman–Crippen MR) is 118 cm³/mol. The molecule has 0 unspecified atom stereocenters. The summed E-state index contributed by atoms with van der Waals surface area (Å²) in [6, 6.07) is 13.0. The van der Waals surface area contributed by atoms with E-state index in [1.807, 2.05) is 24.3 Å². The number of aromatic nitrogens is 3. The van der Waals surface area contributed by atoms with Crippen LogP contribution in [0.3, 0.4) is 0 Å². The Balaban J connectivity index is 1.75. The molecule has 0 radical (unpaired) electrons. The van der Waals surface area contributed by atoms with Gasteiger partial charge in [0.1, 0.15) is 5.75 Å². The van der Waals surface area contributed by atoms with Gasteiger partial charge in [-0.3, -0.25) is 14.9 Å². The number of hydrogen-bond donors (Lipinski definition) is 1. The molecule has 1 amide bonds. The summed E-state index contributed by atoms with van der Waals surface area (Å²) in [5, 5.41) is 19.8. The van der Waals surface area contributed by atoms with Crippen LogP contribution < -0.4 is 10.1 Å². The van der Waals surface area contributed by atoms with Gasteiger partial charge in [-0.25, -0.2) is 9.67 Å². The first-order valence-corrected chi connectivity index (χ1v) is 9.91. The number of aryl methyl sites for hydroxylation is 1. The highest BCUT2D eigenvalue weighted by Gasteiger charge is 2.17. The summed E-state index contributed by atoms with van der Waals surface area (Å²) in [6.07, 6.45) is 1.92. The smallest absolute Gasteiger partial charge is 0.269 e. The molecule has 2 heterocycles. The Morgan fingerprint density at radius 1 is 1.19 bits per heavy atom. The van der Waals surface area contributed by atoms with Crippen LogP contribution >= 0.6 is 0 Å². The monoisotopic (exact) mass is 419 g/mol. The summed E-state index contributed by atoms with van der Waals surface area (Å²) in [7, 11) is 1.60. The number of nitro benzene ring substituents is 1. The number of pyridine rings is 1. The van der Waals surface area contributed by atoms with Crippen LogP contribution in [0.1, 0.15) is 30.1 Å². The molecule has 31 heavy (non-hydrogen) atoms. The van der Waals surface area contributed by atoms with Crippen LogP contribution in [0.25, 0.3) is 21.9 Å². The number of anilines is 1. The summed E-state index contributed by atoms with van der Waals surface area (Å²) in [5.74, 6) is 0.706. The Morgan fingerprint density at radius 2 is 1.97 bits per heavy atom. The number of rotatable bonds is 7. The Bertz CT molecular complexity index is 1280. The van der Waals surface area contributed by atoms with E-state index in [0.29, 0.717) is 34.7 Å². The number of unbranched alkanes of at least 4 members (excludes halogenated alkanes) is 1. The van der Waals surface area contributed by atoms with Crippen LogP contribution in [0.2, 0.25) is 0 Å². The van der Waals surface area contributed by atoms with Crippen LogP contribution in [-0.4, -0.2) is 32.7 Å². The zero-order valence-electron chi connectivity index (χ0n) is 17.2. The summed E-state index contributed by atoms with van der Waals surface area (Å²) < 4.78 is 7.11. The number of carbonyl (C=O) groups is 1. The number of methoxy groups -OCH3 is 1. The molecule has 1 N–H and O–H groups in total. The van der Waals surface area contributed by atoms with Crippen molar-refractivity contribution in [3.8, 4) is 5.75 Å². The number of fused-ring (bicyclic) bond motifs is 2. The lowest BCUT2D eigenvalue weighted by Gasteiger charge is -2.05. The second-order valence-electron chi connectivity index (χ2n) is 7.10. The van der Waals surface area contributed by atoms with Gasteiger partial charge in [-0.2, -0.15) is 5.10 Å². The SMILES string of the molecule is CCCCn1nc(NC(=O)c2ccc([N+](=O)[O-])cc2)c2cc3cc(OC)ccc3nc21. The first kappa shape index (κ1) is 20.3. The van der Waals surface area contributed by atoms with Crippen molar-refractivity contribution in [3.05, 3.63) is 64.2 Å². The molecule has 0 fully saturated rings. The number of nitro groups is 1. The van der Waals surface area contributed by atoms with Gasteiger partial charge in [0.15, 0.2) is 11.5 Å². The number of carbonyl (C=O) groups excluding carboxylic acids is 1. The van der Waals surface area contributed by atoms with Crippen LogP contribution in [0.4, 0.5) is 11.5 Å². The van der Waals surface area contributed by atoms with Crippen molar-refractivity contribution in [3.63, 3.8) is 0 Å². The fourth-order valence-corrected chi connectivity index (χ4v) is 3.33. The standard InChI is InChI=1S/C22H21N5O4/c1-3-4-11-26-21-18(13-15-12-17(31-2)9-10-19(15)23-21)20(25-26)24-22(28)14-5-7-16(8-6-14)27(29)30/h5-10,12-13H,3-4,11H2,1-2H3,(H,24,25,28). The largest absolute Gasteiger partial charge is 0.497 e. The van der Waals surface area contributed by atoms with E-state index in [2.05, 4.69) is 17.3 Å². The third kappa shape index (κ3) is 4.02. The molecular formula is C22H21N5O4. The molecule has 0 aliphatic heterocycles. The number of nitrogens with one attached hydrogen (secondary N) is 1. The number of amides is 1.